The van der Waals surface area contributed by atoms with E-state index < -0.39 is 0 Å². The van der Waals surface area contributed by atoms with Crippen LogP contribution in [0.3, 0.4) is 0 Å². The number of carbonyl (C=O) groups excluding carboxylic acids is 1. The van der Waals surface area contributed by atoms with E-state index in [2.05, 4.69) is 66.8 Å². The summed E-state index contributed by atoms with van der Waals surface area (Å²) in [7, 11) is 1.65. The second kappa shape index (κ2) is 10.3. The third kappa shape index (κ3) is 4.72. The standard InChI is InChI=1S/C31H28INO3/c1-20(2)18-33-28-14-7-6-13-25(28)26(31(33)34)15-21-16-27(32)30(29(17-21)35-3)36-19-23-11-8-10-22-9-4-5-12-24(22)23/h4-17,20H,18-19H2,1-3H3/b26-15-. The lowest BCUT2D eigenvalue weighted by Crippen LogP contribution is -2.30. The number of methoxy groups -OCH3 is 1. The summed E-state index contributed by atoms with van der Waals surface area (Å²) < 4.78 is 12.9. The highest BCUT2D eigenvalue weighted by Gasteiger charge is 2.32. The summed E-state index contributed by atoms with van der Waals surface area (Å²) in [6, 6.07) is 26.5. The van der Waals surface area contributed by atoms with Crippen molar-refractivity contribution in [3.05, 3.63) is 99.1 Å². The van der Waals surface area contributed by atoms with Gasteiger partial charge in [-0.1, -0.05) is 74.5 Å². The average Bonchev–Trinajstić information content (AvgIpc) is 3.13. The number of anilines is 1. The van der Waals surface area contributed by atoms with Crippen molar-refractivity contribution in [2.24, 2.45) is 5.92 Å². The van der Waals surface area contributed by atoms with Gasteiger partial charge in [0.15, 0.2) is 11.5 Å². The molecule has 0 aromatic heterocycles. The zero-order valence-corrected chi connectivity index (χ0v) is 22.8. The van der Waals surface area contributed by atoms with Crippen molar-refractivity contribution in [2.75, 3.05) is 18.6 Å². The first-order valence-corrected chi connectivity index (χ1v) is 13.1. The summed E-state index contributed by atoms with van der Waals surface area (Å²) in [5, 5.41) is 2.37. The number of nitrogens with zero attached hydrogens (tertiary/aromatic N) is 1. The van der Waals surface area contributed by atoms with Crippen molar-refractivity contribution in [2.45, 2.75) is 20.5 Å². The second-order valence-corrected chi connectivity index (χ2v) is 10.5. The minimum Gasteiger partial charge on any atom is -0.493 e. The van der Waals surface area contributed by atoms with Crippen LogP contribution in [0.5, 0.6) is 11.5 Å². The van der Waals surface area contributed by atoms with E-state index in [1.807, 2.05) is 59.5 Å². The van der Waals surface area contributed by atoms with E-state index in [-0.39, 0.29) is 5.91 Å². The maximum atomic E-state index is 13.4. The highest BCUT2D eigenvalue weighted by Crippen LogP contribution is 2.40. The molecule has 4 nitrogen and oxygen atoms in total. The Morgan fingerprint density at radius 2 is 1.72 bits per heavy atom. The first-order valence-electron chi connectivity index (χ1n) is 12.1. The van der Waals surface area contributed by atoms with E-state index in [0.29, 0.717) is 36.1 Å². The maximum absolute atomic E-state index is 13.4. The topological polar surface area (TPSA) is 38.8 Å². The smallest absolute Gasteiger partial charge is 0.259 e. The minimum atomic E-state index is 0.0372. The van der Waals surface area contributed by atoms with Crippen LogP contribution in [-0.2, 0) is 11.4 Å². The van der Waals surface area contributed by atoms with E-state index in [1.165, 1.54) is 10.8 Å². The second-order valence-electron chi connectivity index (χ2n) is 9.35. The van der Waals surface area contributed by atoms with Crippen LogP contribution in [-0.4, -0.2) is 19.6 Å². The molecule has 0 fully saturated rings. The van der Waals surface area contributed by atoms with Crippen LogP contribution in [0, 0.1) is 9.49 Å². The van der Waals surface area contributed by atoms with Crippen LogP contribution in [0.15, 0.2) is 78.9 Å². The summed E-state index contributed by atoms with van der Waals surface area (Å²) in [5.41, 5.74) is 4.66. The number of hydrogen-bond acceptors (Lipinski definition) is 3. The Hall–Kier alpha value is -3.32. The van der Waals surface area contributed by atoms with Crippen molar-refractivity contribution in [1.82, 2.24) is 0 Å². The molecule has 0 saturated heterocycles. The fourth-order valence-electron chi connectivity index (χ4n) is 4.69. The molecule has 0 unspecified atom stereocenters. The van der Waals surface area contributed by atoms with Crippen LogP contribution in [0.2, 0.25) is 0 Å². The largest absolute Gasteiger partial charge is 0.493 e. The van der Waals surface area contributed by atoms with Gasteiger partial charge in [-0.05, 0) is 74.7 Å². The highest BCUT2D eigenvalue weighted by molar-refractivity contribution is 14.1. The van der Waals surface area contributed by atoms with Gasteiger partial charge in [0.25, 0.3) is 5.91 Å². The lowest BCUT2D eigenvalue weighted by molar-refractivity contribution is -0.113. The molecule has 4 aromatic carbocycles. The Morgan fingerprint density at radius 3 is 2.53 bits per heavy atom. The first-order chi connectivity index (χ1) is 17.5. The Kier molecular flexibility index (Phi) is 7.01. The van der Waals surface area contributed by atoms with E-state index in [0.717, 1.165) is 25.9 Å². The molecule has 0 saturated carbocycles. The van der Waals surface area contributed by atoms with Crippen molar-refractivity contribution in [3.8, 4) is 11.5 Å². The number of rotatable bonds is 7. The van der Waals surface area contributed by atoms with E-state index in [4.69, 9.17) is 9.47 Å². The van der Waals surface area contributed by atoms with E-state index >= 15 is 0 Å². The first kappa shape index (κ1) is 24.4. The number of para-hydroxylation sites is 1. The SMILES string of the molecule is COc1cc(/C=C2\C(=O)N(CC(C)C)c3ccccc32)cc(I)c1OCc1cccc2ccccc12. The average molecular weight is 589 g/mol. The number of amides is 1. The highest BCUT2D eigenvalue weighted by atomic mass is 127. The van der Waals surface area contributed by atoms with Gasteiger partial charge in [-0.2, -0.15) is 0 Å². The molecule has 0 radical (unpaired) electrons. The van der Waals surface area contributed by atoms with Gasteiger partial charge in [0.1, 0.15) is 6.61 Å². The normalized spacial score (nSPS) is 14.1. The van der Waals surface area contributed by atoms with E-state index in [9.17, 15) is 4.79 Å². The summed E-state index contributed by atoms with van der Waals surface area (Å²) in [6.07, 6.45) is 1.96. The molecule has 1 amide bonds. The van der Waals surface area contributed by atoms with Gasteiger partial charge in [-0.15, -0.1) is 0 Å². The molecule has 1 aliphatic rings. The molecule has 0 spiro atoms. The molecule has 1 heterocycles. The van der Waals surface area contributed by atoms with Crippen molar-refractivity contribution < 1.29 is 14.3 Å². The summed E-state index contributed by atoms with van der Waals surface area (Å²) in [4.78, 5) is 15.3. The molecule has 0 aliphatic carbocycles. The molecule has 0 N–H and O–H groups in total. The van der Waals surface area contributed by atoms with Crippen molar-refractivity contribution in [3.63, 3.8) is 0 Å². The molecular weight excluding hydrogens is 561 g/mol. The molecule has 5 rings (SSSR count). The maximum Gasteiger partial charge on any atom is 0.259 e. The monoisotopic (exact) mass is 589 g/mol. The number of fused-ring (bicyclic) bond motifs is 2. The quantitative estimate of drug-likeness (QED) is 0.165. The fraction of sp³-hybridized carbons (Fsp3) is 0.194. The number of ether oxygens (including phenoxy) is 2. The molecule has 4 aromatic rings. The van der Waals surface area contributed by atoms with Crippen LogP contribution in [0.4, 0.5) is 5.69 Å². The number of benzene rings is 4. The Labute approximate surface area is 225 Å². The van der Waals surface area contributed by atoms with Gasteiger partial charge >= 0.3 is 0 Å². The van der Waals surface area contributed by atoms with Gasteiger partial charge in [0, 0.05) is 17.7 Å². The van der Waals surface area contributed by atoms with Crippen molar-refractivity contribution in [1.29, 1.82) is 0 Å². The zero-order chi connectivity index (χ0) is 25.2. The molecular formula is C31H28INO3. The predicted octanol–water partition coefficient (Wildman–Crippen LogP) is 7.58. The van der Waals surface area contributed by atoms with Crippen LogP contribution < -0.4 is 14.4 Å². The number of hydrogen-bond donors (Lipinski definition) is 0. The van der Waals surface area contributed by atoms with Crippen LogP contribution >= 0.6 is 22.6 Å². The van der Waals surface area contributed by atoms with Gasteiger partial charge in [0.2, 0.25) is 0 Å². The molecule has 0 bridgehead atoms. The summed E-state index contributed by atoms with van der Waals surface area (Å²) in [6.45, 7) is 5.38. The summed E-state index contributed by atoms with van der Waals surface area (Å²) in [5.74, 6) is 1.76. The summed E-state index contributed by atoms with van der Waals surface area (Å²) >= 11 is 2.28. The fourth-order valence-corrected chi connectivity index (χ4v) is 5.47. The number of carbonyl (C=O) groups is 1. The molecule has 182 valence electrons. The number of halogens is 1. The molecule has 1 aliphatic heterocycles. The van der Waals surface area contributed by atoms with Crippen LogP contribution in [0.25, 0.3) is 22.4 Å². The van der Waals surface area contributed by atoms with Gasteiger partial charge in [-0.3, -0.25) is 4.79 Å². The van der Waals surface area contributed by atoms with Gasteiger partial charge < -0.3 is 14.4 Å². The minimum absolute atomic E-state index is 0.0372. The third-order valence-electron chi connectivity index (χ3n) is 6.32. The lowest BCUT2D eigenvalue weighted by atomic mass is 10.0. The molecule has 0 atom stereocenters. The van der Waals surface area contributed by atoms with Gasteiger partial charge in [0.05, 0.1) is 16.4 Å². The third-order valence-corrected chi connectivity index (χ3v) is 7.12. The zero-order valence-electron chi connectivity index (χ0n) is 20.6. The van der Waals surface area contributed by atoms with E-state index in [1.54, 1.807) is 7.11 Å². The predicted molar refractivity (Wildman–Crippen MR) is 155 cm³/mol. The van der Waals surface area contributed by atoms with Crippen LogP contribution in [0.1, 0.15) is 30.5 Å². The Bertz CT molecular complexity index is 1470. The molecule has 36 heavy (non-hydrogen) atoms. The van der Waals surface area contributed by atoms with Crippen molar-refractivity contribution >= 4 is 56.6 Å². The Balaban J connectivity index is 1.46. The molecule has 5 heteroatoms. The van der Waals surface area contributed by atoms with Gasteiger partial charge in [-0.25, -0.2) is 0 Å². The lowest BCUT2D eigenvalue weighted by Gasteiger charge is -2.19. The Morgan fingerprint density at radius 1 is 0.972 bits per heavy atom.